The van der Waals surface area contributed by atoms with Crippen LogP contribution in [-0.2, 0) is 14.3 Å². The number of carbonyl (C=O) groups is 2. The second kappa shape index (κ2) is 6.64. The van der Waals surface area contributed by atoms with E-state index in [9.17, 15) is 9.59 Å². The quantitative estimate of drug-likeness (QED) is 0.447. The third-order valence-corrected chi connectivity index (χ3v) is 4.60. The zero-order valence-corrected chi connectivity index (χ0v) is 15.4. The van der Waals surface area contributed by atoms with Gasteiger partial charge in [0, 0.05) is 13.1 Å². The predicted octanol–water partition coefficient (Wildman–Crippen LogP) is 3.38. The van der Waals surface area contributed by atoms with E-state index in [-0.39, 0.29) is 12.1 Å². The molecule has 1 fully saturated rings. The first kappa shape index (κ1) is 18.0. The Kier molecular flexibility index (Phi) is 5.20. The fourth-order valence-corrected chi connectivity index (χ4v) is 3.01. The van der Waals surface area contributed by atoms with Gasteiger partial charge in [-0.2, -0.15) is 0 Å². The van der Waals surface area contributed by atoms with Crippen molar-refractivity contribution in [3.63, 3.8) is 0 Å². The van der Waals surface area contributed by atoms with Gasteiger partial charge in [0.2, 0.25) is 6.35 Å². The Bertz CT molecular complexity index is 543. The van der Waals surface area contributed by atoms with Gasteiger partial charge >= 0.3 is 12.1 Å². The van der Waals surface area contributed by atoms with Crippen LogP contribution in [-0.4, -0.2) is 55.0 Å². The molecule has 0 N–H and O–H groups in total. The van der Waals surface area contributed by atoms with Gasteiger partial charge in [-0.15, -0.1) is 0 Å². The van der Waals surface area contributed by atoms with Crippen LogP contribution in [0.25, 0.3) is 0 Å². The molecule has 2 rings (SSSR count). The molecule has 23 heavy (non-hydrogen) atoms. The molecule has 2 aliphatic rings. The highest BCUT2D eigenvalue weighted by atomic mass is 31.1. The molecular formula is C17H27NO4P+. The summed E-state index contributed by atoms with van der Waals surface area (Å²) in [7, 11) is -0.490. The van der Waals surface area contributed by atoms with Crippen LogP contribution in [0.4, 0.5) is 4.79 Å². The van der Waals surface area contributed by atoms with Crippen molar-refractivity contribution in [1.29, 1.82) is 0 Å². The number of esters is 1. The van der Waals surface area contributed by atoms with E-state index < -0.39 is 18.6 Å². The summed E-state index contributed by atoms with van der Waals surface area (Å²) in [5.41, 5.74) is 0.212. The van der Waals surface area contributed by atoms with Crippen LogP contribution >= 0.6 is 7.55 Å². The lowest BCUT2D eigenvalue weighted by Crippen LogP contribution is -2.38. The molecule has 1 heterocycles. The van der Waals surface area contributed by atoms with Gasteiger partial charge < -0.3 is 14.4 Å². The van der Waals surface area contributed by atoms with E-state index in [1.54, 1.807) is 4.90 Å². The highest BCUT2D eigenvalue weighted by Crippen LogP contribution is 2.55. The molecule has 0 aromatic heterocycles. The smallest absolute Gasteiger partial charge is 0.413 e. The first-order valence-electron chi connectivity index (χ1n) is 8.00. The summed E-state index contributed by atoms with van der Waals surface area (Å²) in [6.07, 6.45) is 8.37. The molecular weight excluding hydrogens is 313 g/mol. The molecule has 1 aliphatic heterocycles. The zero-order valence-electron chi connectivity index (χ0n) is 14.6. The van der Waals surface area contributed by atoms with Gasteiger partial charge in [0.1, 0.15) is 13.1 Å². The minimum Gasteiger partial charge on any atom is -0.459 e. The van der Waals surface area contributed by atoms with Crippen molar-refractivity contribution < 1.29 is 19.1 Å². The second-order valence-electron chi connectivity index (χ2n) is 7.40. The number of ether oxygens (including phenoxy) is 2. The van der Waals surface area contributed by atoms with Crippen molar-refractivity contribution in [3.8, 4) is 0 Å². The van der Waals surface area contributed by atoms with E-state index >= 15 is 0 Å². The number of carbonyl (C=O) groups excluding carboxylic acids is 2. The lowest BCUT2D eigenvalue weighted by atomic mass is 9.90. The van der Waals surface area contributed by atoms with Crippen molar-refractivity contribution in [2.75, 3.05) is 26.1 Å². The molecule has 0 aromatic carbocycles. The van der Waals surface area contributed by atoms with Gasteiger partial charge in [-0.05, 0) is 40.0 Å². The minimum atomic E-state index is -0.490. The van der Waals surface area contributed by atoms with Crippen molar-refractivity contribution in [2.24, 2.45) is 5.41 Å². The van der Waals surface area contributed by atoms with Crippen LogP contribution in [0.3, 0.4) is 0 Å². The summed E-state index contributed by atoms with van der Waals surface area (Å²) in [5, 5.41) is 0. The van der Waals surface area contributed by atoms with Crippen LogP contribution in [0.15, 0.2) is 11.6 Å². The Hall–Kier alpha value is -1.35. The molecule has 128 valence electrons. The molecule has 0 saturated heterocycles. The summed E-state index contributed by atoms with van der Waals surface area (Å²) in [4.78, 5) is 26.1. The lowest BCUT2D eigenvalue weighted by molar-refractivity contribution is -0.160. The van der Waals surface area contributed by atoms with E-state index in [0.717, 1.165) is 18.4 Å². The number of rotatable bonds is 4. The Morgan fingerprint density at radius 1 is 1.39 bits per heavy atom. The highest BCUT2D eigenvalue weighted by Gasteiger charge is 2.55. The molecule has 6 heteroatoms. The zero-order chi connectivity index (χ0) is 17.3. The number of nitrogens with zero attached hydrogens (tertiary/aromatic N) is 1. The molecule has 0 radical (unpaired) electrons. The fraction of sp³-hybridized carbons (Fsp3) is 0.706. The first-order valence-corrected chi connectivity index (χ1v) is 10.2. The Balaban J connectivity index is 1.95. The van der Waals surface area contributed by atoms with Crippen molar-refractivity contribution in [2.45, 2.75) is 45.6 Å². The Labute approximate surface area is 139 Å². The highest BCUT2D eigenvalue weighted by molar-refractivity contribution is 7.54. The molecule has 1 amide bonds. The van der Waals surface area contributed by atoms with Crippen molar-refractivity contribution >= 4 is 25.9 Å². The van der Waals surface area contributed by atoms with E-state index in [1.807, 2.05) is 33.5 Å². The topological polar surface area (TPSA) is 55.8 Å². The first-order chi connectivity index (χ1) is 10.6. The van der Waals surface area contributed by atoms with Crippen LogP contribution in [0.1, 0.15) is 40.0 Å². The van der Waals surface area contributed by atoms with Gasteiger partial charge in [-0.1, -0.05) is 11.6 Å². The summed E-state index contributed by atoms with van der Waals surface area (Å²) in [6, 6.07) is 0. The number of amides is 1. The summed E-state index contributed by atoms with van der Waals surface area (Å²) < 4.78 is 10.8. The average Bonchev–Trinajstić information content (AvgIpc) is 3.25. The predicted molar refractivity (Wildman–Crippen MR) is 93.1 cm³/mol. The third-order valence-electron chi connectivity index (χ3n) is 4.03. The summed E-state index contributed by atoms with van der Waals surface area (Å²) in [5.74, 6) is -0.124. The van der Waals surface area contributed by atoms with E-state index in [2.05, 4.69) is 6.30 Å². The molecule has 0 aromatic rings. The van der Waals surface area contributed by atoms with Gasteiger partial charge in [0.15, 0.2) is 0 Å². The monoisotopic (exact) mass is 340 g/mol. The van der Waals surface area contributed by atoms with Crippen LogP contribution < -0.4 is 0 Å². The fourth-order valence-electron chi connectivity index (χ4n) is 2.68. The normalized spacial score (nSPS) is 20.4. The van der Waals surface area contributed by atoms with Crippen LogP contribution in [0.2, 0.25) is 0 Å². The Morgan fingerprint density at radius 2 is 2.04 bits per heavy atom. The standard InChI is InChI=1S/C17H27NO4P/c1-16(2,3)22-14(19)17(8-9-17)13-6-10-18(11-7-13)15(20)21-12-23(4)5/h6H,4,7-12H2,1-3,5H3/q+1. The number of hydrogen-bond donors (Lipinski definition) is 0. The molecule has 5 nitrogen and oxygen atoms in total. The molecule has 1 atom stereocenters. The van der Waals surface area contributed by atoms with Crippen molar-refractivity contribution in [3.05, 3.63) is 11.6 Å². The second-order valence-corrected chi connectivity index (χ2v) is 9.38. The largest absolute Gasteiger partial charge is 0.459 e. The summed E-state index contributed by atoms with van der Waals surface area (Å²) in [6.45, 7) is 8.72. The third kappa shape index (κ3) is 4.57. The molecule has 0 bridgehead atoms. The maximum Gasteiger partial charge on any atom is 0.413 e. The van der Waals surface area contributed by atoms with E-state index in [1.165, 1.54) is 0 Å². The van der Waals surface area contributed by atoms with E-state index in [0.29, 0.717) is 25.9 Å². The SMILES string of the molecule is C=[P+](C)COC(=O)N1CC=C(C2(C(=O)OC(C)(C)C)CC2)CC1. The van der Waals surface area contributed by atoms with Gasteiger partial charge in [-0.3, -0.25) is 4.79 Å². The van der Waals surface area contributed by atoms with Gasteiger partial charge in [0.05, 0.1) is 18.4 Å². The van der Waals surface area contributed by atoms with Crippen LogP contribution in [0.5, 0.6) is 0 Å². The molecule has 1 saturated carbocycles. The lowest BCUT2D eigenvalue weighted by Gasteiger charge is -2.30. The van der Waals surface area contributed by atoms with Gasteiger partial charge in [-0.25, -0.2) is 4.79 Å². The van der Waals surface area contributed by atoms with Crippen LogP contribution in [0, 0.1) is 5.41 Å². The maximum absolute atomic E-state index is 12.5. The van der Waals surface area contributed by atoms with Gasteiger partial charge in [0.25, 0.3) is 0 Å². The minimum absolute atomic E-state index is 0.124. The van der Waals surface area contributed by atoms with Crippen molar-refractivity contribution in [1.82, 2.24) is 4.90 Å². The van der Waals surface area contributed by atoms with E-state index in [4.69, 9.17) is 9.47 Å². The Morgan fingerprint density at radius 3 is 2.48 bits per heavy atom. The molecule has 1 unspecified atom stereocenters. The average molecular weight is 340 g/mol. The summed E-state index contributed by atoms with van der Waals surface area (Å²) >= 11 is 0. The maximum atomic E-state index is 12.5. The molecule has 0 spiro atoms. The number of hydrogen-bond acceptors (Lipinski definition) is 4. The molecule has 1 aliphatic carbocycles.